The molecule has 0 fully saturated rings. The number of fused-ring (bicyclic) bond motifs is 1. The van der Waals surface area contributed by atoms with E-state index in [-0.39, 0.29) is 17.2 Å². The number of furan rings is 1. The fourth-order valence-corrected chi connectivity index (χ4v) is 5.63. The highest BCUT2D eigenvalue weighted by Crippen LogP contribution is 2.42. The van der Waals surface area contributed by atoms with Gasteiger partial charge in [-0.15, -0.1) is 23.4 Å². The average molecular weight is 523 g/mol. The molecule has 4 aromatic rings. The molecule has 36 heavy (non-hydrogen) atoms. The van der Waals surface area contributed by atoms with Crippen LogP contribution in [0.3, 0.4) is 0 Å². The summed E-state index contributed by atoms with van der Waals surface area (Å²) < 4.78 is 12.5. The topological polar surface area (TPSA) is 59.7 Å². The third-order valence-corrected chi connectivity index (χ3v) is 8.28. The fourth-order valence-electron chi connectivity index (χ4n) is 4.25. The normalized spacial score (nSPS) is 13.9. The van der Waals surface area contributed by atoms with Crippen molar-refractivity contribution in [2.45, 2.75) is 55.1 Å². The van der Waals surface area contributed by atoms with E-state index in [1.807, 2.05) is 49.4 Å². The summed E-state index contributed by atoms with van der Waals surface area (Å²) in [5.74, 6) is -0.961. The second-order valence-electron chi connectivity index (χ2n) is 8.92. The lowest BCUT2D eigenvalue weighted by molar-refractivity contribution is -0.138. The van der Waals surface area contributed by atoms with Crippen molar-refractivity contribution in [2.24, 2.45) is 0 Å². The number of rotatable bonds is 11. The maximum Gasteiger partial charge on any atom is 0.310 e. The van der Waals surface area contributed by atoms with Gasteiger partial charge in [0.2, 0.25) is 0 Å². The number of halogens is 1. The van der Waals surface area contributed by atoms with Gasteiger partial charge < -0.3 is 14.3 Å². The fraction of sp³-hybridized carbons (Fsp3) is 0.300. The van der Waals surface area contributed by atoms with Gasteiger partial charge in [-0.1, -0.05) is 87.0 Å². The summed E-state index contributed by atoms with van der Waals surface area (Å²) >= 11 is 8.37. The third-order valence-electron chi connectivity index (χ3n) is 6.30. The van der Waals surface area contributed by atoms with Crippen LogP contribution in [-0.2, 0) is 11.2 Å². The Bertz CT molecular complexity index is 1320. The number of carboxylic acids is 1. The number of benzene rings is 3. The molecule has 3 unspecified atom stereocenters. The van der Waals surface area contributed by atoms with Crippen molar-refractivity contribution < 1.29 is 19.1 Å². The van der Waals surface area contributed by atoms with E-state index in [1.54, 1.807) is 18.7 Å². The van der Waals surface area contributed by atoms with Crippen LogP contribution in [0.5, 0.6) is 5.95 Å². The molecule has 0 radical (unpaired) electrons. The molecule has 0 saturated carbocycles. The molecule has 0 aliphatic heterocycles. The SMILES string of the molecule is CCCc1cccc2c(-c3ccccc3)c(OCC(Cl)C(C)Sc3ccccc3C(C)C(=O)O)oc12. The van der Waals surface area contributed by atoms with Crippen molar-refractivity contribution >= 4 is 40.3 Å². The molecule has 1 N–H and O–H groups in total. The number of para-hydroxylation sites is 1. The second-order valence-corrected chi connectivity index (χ2v) is 10.9. The molecule has 3 aromatic carbocycles. The minimum absolute atomic E-state index is 0.0194. The van der Waals surface area contributed by atoms with E-state index >= 15 is 0 Å². The summed E-state index contributed by atoms with van der Waals surface area (Å²) in [5, 5.41) is 10.2. The number of carbonyl (C=O) groups is 1. The Hall–Kier alpha value is -2.89. The highest BCUT2D eigenvalue weighted by molar-refractivity contribution is 8.00. The van der Waals surface area contributed by atoms with E-state index in [1.165, 1.54) is 0 Å². The van der Waals surface area contributed by atoms with Crippen LogP contribution in [-0.4, -0.2) is 28.3 Å². The molecule has 4 nitrogen and oxygen atoms in total. The Morgan fingerprint density at radius 2 is 1.75 bits per heavy atom. The number of carboxylic acid groups (broad SMARTS) is 1. The molecule has 0 aliphatic carbocycles. The van der Waals surface area contributed by atoms with Crippen molar-refractivity contribution in [3.8, 4) is 17.1 Å². The summed E-state index contributed by atoms with van der Waals surface area (Å²) in [4.78, 5) is 12.5. The molecule has 188 valence electrons. The first-order chi connectivity index (χ1) is 17.4. The lowest BCUT2D eigenvalue weighted by atomic mass is 10.0. The van der Waals surface area contributed by atoms with Gasteiger partial charge in [-0.25, -0.2) is 0 Å². The molecule has 0 aliphatic rings. The smallest absolute Gasteiger partial charge is 0.310 e. The third kappa shape index (κ3) is 5.74. The van der Waals surface area contributed by atoms with Gasteiger partial charge in [0.1, 0.15) is 12.2 Å². The predicted octanol–water partition coefficient (Wildman–Crippen LogP) is 8.41. The maximum absolute atomic E-state index is 11.6. The van der Waals surface area contributed by atoms with Crippen LogP contribution in [0.2, 0.25) is 0 Å². The number of ether oxygens (including phenoxy) is 1. The molecule has 0 spiro atoms. The Balaban J connectivity index is 1.56. The van der Waals surface area contributed by atoms with Crippen LogP contribution in [0.1, 0.15) is 44.2 Å². The van der Waals surface area contributed by atoms with Crippen molar-refractivity contribution in [3.63, 3.8) is 0 Å². The zero-order valence-corrected chi connectivity index (χ0v) is 22.3. The number of aryl methyl sites for hydroxylation is 1. The van der Waals surface area contributed by atoms with Crippen molar-refractivity contribution in [1.29, 1.82) is 0 Å². The van der Waals surface area contributed by atoms with Gasteiger partial charge in [0.05, 0.1) is 16.9 Å². The second kappa shape index (κ2) is 11.9. The molecule has 6 heteroatoms. The number of hydrogen-bond donors (Lipinski definition) is 1. The van der Waals surface area contributed by atoms with Crippen molar-refractivity contribution in [1.82, 2.24) is 0 Å². The van der Waals surface area contributed by atoms with Gasteiger partial charge in [-0.2, -0.15) is 0 Å². The molecule has 4 rings (SSSR count). The first kappa shape index (κ1) is 26.2. The highest BCUT2D eigenvalue weighted by Gasteiger charge is 2.24. The van der Waals surface area contributed by atoms with Crippen LogP contribution in [0.4, 0.5) is 0 Å². The van der Waals surface area contributed by atoms with Gasteiger partial charge >= 0.3 is 5.97 Å². The van der Waals surface area contributed by atoms with Crippen molar-refractivity contribution in [2.75, 3.05) is 6.61 Å². The number of alkyl halides is 1. The van der Waals surface area contributed by atoms with Crippen molar-refractivity contribution in [3.05, 3.63) is 83.9 Å². The van der Waals surface area contributed by atoms with Crippen LogP contribution in [0, 0.1) is 0 Å². The van der Waals surface area contributed by atoms with Gasteiger partial charge in [0.15, 0.2) is 0 Å². The Morgan fingerprint density at radius 1 is 1.03 bits per heavy atom. The van der Waals surface area contributed by atoms with Crippen LogP contribution in [0.15, 0.2) is 82.1 Å². The van der Waals surface area contributed by atoms with Gasteiger partial charge in [0, 0.05) is 15.5 Å². The molecule has 0 amide bonds. The van der Waals surface area contributed by atoms with E-state index in [9.17, 15) is 9.90 Å². The first-order valence-electron chi connectivity index (χ1n) is 12.3. The predicted molar refractivity (Wildman–Crippen MR) is 149 cm³/mol. The van der Waals surface area contributed by atoms with Gasteiger partial charge in [-0.05, 0) is 36.1 Å². The zero-order chi connectivity index (χ0) is 25.7. The minimum atomic E-state index is -0.845. The van der Waals surface area contributed by atoms with E-state index in [0.29, 0.717) is 5.95 Å². The molecule has 0 bridgehead atoms. The van der Waals surface area contributed by atoms with E-state index in [2.05, 4.69) is 37.3 Å². The number of aliphatic carboxylic acids is 1. The summed E-state index contributed by atoms with van der Waals surface area (Å²) in [6.45, 7) is 6.15. The van der Waals surface area contributed by atoms with Crippen LogP contribution < -0.4 is 4.74 Å². The summed E-state index contributed by atoms with van der Waals surface area (Å²) in [5.41, 5.74) is 4.79. The Kier molecular flexibility index (Phi) is 8.65. The Labute approximate surface area is 221 Å². The summed E-state index contributed by atoms with van der Waals surface area (Å²) in [6, 6.07) is 24.0. The van der Waals surface area contributed by atoms with E-state index in [4.69, 9.17) is 20.8 Å². The Morgan fingerprint density at radius 3 is 2.47 bits per heavy atom. The summed E-state index contributed by atoms with van der Waals surface area (Å²) in [6.07, 6.45) is 1.95. The monoisotopic (exact) mass is 522 g/mol. The van der Waals surface area contributed by atoms with Gasteiger partial charge in [-0.3, -0.25) is 4.79 Å². The lowest BCUT2D eigenvalue weighted by Gasteiger charge is -2.20. The van der Waals surface area contributed by atoms with Crippen LogP contribution in [0.25, 0.3) is 22.1 Å². The lowest BCUT2D eigenvalue weighted by Crippen LogP contribution is -2.22. The molecular formula is C30H31ClO4S. The average Bonchev–Trinajstić information content (AvgIpc) is 3.27. The number of thioether (sulfide) groups is 1. The molecule has 1 aromatic heterocycles. The maximum atomic E-state index is 11.6. The first-order valence-corrected chi connectivity index (χ1v) is 13.6. The number of hydrogen-bond acceptors (Lipinski definition) is 4. The molecule has 1 heterocycles. The molecular weight excluding hydrogens is 492 g/mol. The highest BCUT2D eigenvalue weighted by atomic mass is 35.5. The van der Waals surface area contributed by atoms with Crippen LogP contribution >= 0.6 is 23.4 Å². The standard InChI is InChI=1S/C30H31ClO4S/c1-4-11-22-14-10-16-24-27(21-12-6-5-7-13-21)30(35-28(22)24)34-18-25(31)20(3)36-26-17-9-8-15-23(26)19(2)29(32)33/h5-10,12-17,19-20,25H,4,11,18H2,1-3H3,(H,32,33). The summed E-state index contributed by atoms with van der Waals surface area (Å²) in [7, 11) is 0. The van der Waals surface area contributed by atoms with E-state index in [0.717, 1.165) is 51.0 Å². The quantitative estimate of drug-likeness (QED) is 0.158. The zero-order valence-electron chi connectivity index (χ0n) is 20.7. The minimum Gasteiger partial charge on any atom is -0.481 e. The molecule has 0 saturated heterocycles. The van der Waals surface area contributed by atoms with E-state index < -0.39 is 11.9 Å². The molecule has 3 atom stereocenters. The van der Waals surface area contributed by atoms with Gasteiger partial charge in [0.25, 0.3) is 5.95 Å². The largest absolute Gasteiger partial charge is 0.481 e.